The number of ether oxygens (including phenoxy) is 1. The number of rotatable bonds is 18. The third kappa shape index (κ3) is 9.62. The van der Waals surface area contributed by atoms with Gasteiger partial charge in [-0.15, -0.1) is 0 Å². The molecule has 61 heavy (non-hydrogen) atoms. The van der Waals surface area contributed by atoms with Gasteiger partial charge in [0.15, 0.2) is 5.82 Å². The van der Waals surface area contributed by atoms with E-state index in [2.05, 4.69) is 50.6 Å². The van der Waals surface area contributed by atoms with Gasteiger partial charge in [0.1, 0.15) is 16.4 Å². The van der Waals surface area contributed by atoms with E-state index >= 15 is 0 Å². The highest BCUT2D eigenvalue weighted by molar-refractivity contribution is 7.62. The lowest BCUT2D eigenvalue weighted by Gasteiger charge is -2.48. The number of nitrogens with zero attached hydrogens (tertiary/aromatic N) is 3. The number of amides is 3. The van der Waals surface area contributed by atoms with E-state index in [-0.39, 0.29) is 59.3 Å². The fourth-order valence-electron chi connectivity index (χ4n) is 8.78. The van der Waals surface area contributed by atoms with Crippen LogP contribution in [0.2, 0.25) is 5.02 Å². The van der Waals surface area contributed by atoms with Crippen LogP contribution in [0.5, 0.6) is 5.75 Å². The minimum absolute atomic E-state index is 0.0741. The first kappa shape index (κ1) is 44.2. The third-order valence-corrected chi connectivity index (χ3v) is 14.1. The second-order valence-electron chi connectivity index (χ2n) is 15.7. The highest BCUT2D eigenvalue weighted by atomic mass is 35.5. The molecule has 3 aromatic carbocycles. The predicted molar refractivity (Wildman–Crippen MR) is 235 cm³/mol. The van der Waals surface area contributed by atoms with E-state index in [1.807, 2.05) is 30.3 Å². The SMILES string of the molecule is CCCCCCC(NC1(Nc2ncc(Cl)c(Nc3ccccc3P(=O)(OC)OC)n2)CCNCC1c1ccc(OC)cc1)c1cccc2c1C(=O)N(C1CC(=O)NC(=O)C1)C2. The number of carbonyl (C=O) groups excluding carboxylic acids is 3. The number of unbranched alkanes of at least 4 members (excludes halogenated alkanes) is 3. The standard InChI is InChI=1S/C44H54ClN8O7P/c1-5-6-7-8-14-35(32-13-11-12-29-27-53(42(56)40(29)32)30-23-38(54)49-39(55)24-30)51-44(21-22-46-25-33(44)28-17-19-31(58-2)20-18-28)52-43-47-26-34(45)41(50-43)48-36-15-9-10-16-37(36)61(57,59-3)60-4/h9-13,15-20,26,30,33,35,46,51H,5-8,14,21-25,27H2,1-4H3,(H,49,54,55)(H2,47,48,50,52). The fourth-order valence-corrected chi connectivity index (χ4v) is 10.2. The Morgan fingerprint density at radius 2 is 1.72 bits per heavy atom. The van der Waals surface area contributed by atoms with Crippen molar-refractivity contribution < 1.29 is 32.7 Å². The molecule has 3 atom stereocenters. The highest BCUT2D eigenvalue weighted by Gasteiger charge is 2.46. The summed E-state index contributed by atoms with van der Waals surface area (Å²) in [5.41, 5.74) is 2.92. The molecule has 3 aliphatic rings. The Hall–Kier alpha value is -4.89. The van der Waals surface area contributed by atoms with E-state index in [0.29, 0.717) is 42.6 Å². The van der Waals surface area contributed by atoms with Gasteiger partial charge in [0.25, 0.3) is 5.91 Å². The Bertz CT molecular complexity index is 2260. The van der Waals surface area contributed by atoms with Gasteiger partial charge in [-0.2, -0.15) is 4.98 Å². The maximum Gasteiger partial charge on any atom is 0.362 e. The number of hydrogen-bond donors (Lipinski definition) is 5. The van der Waals surface area contributed by atoms with Gasteiger partial charge < -0.3 is 34.6 Å². The topological polar surface area (TPSA) is 185 Å². The number of aromatic nitrogens is 2. The second kappa shape index (κ2) is 19.4. The van der Waals surface area contributed by atoms with Crippen LogP contribution in [0, 0.1) is 0 Å². The van der Waals surface area contributed by atoms with Crippen molar-refractivity contribution >= 4 is 59.7 Å². The smallest absolute Gasteiger partial charge is 0.362 e. The molecule has 0 aliphatic carbocycles. The maximum atomic E-state index is 14.5. The molecule has 3 aliphatic heterocycles. The van der Waals surface area contributed by atoms with Gasteiger partial charge in [-0.05, 0) is 60.3 Å². The first-order valence-corrected chi connectivity index (χ1v) is 22.7. The Labute approximate surface area is 361 Å². The zero-order chi connectivity index (χ0) is 43.1. The summed E-state index contributed by atoms with van der Waals surface area (Å²) >= 11 is 6.75. The van der Waals surface area contributed by atoms with Crippen LogP contribution in [-0.2, 0) is 29.7 Å². The molecule has 0 radical (unpaired) electrons. The van der Waals surface area contributed by atoms with Crippen molar-refractivity contribution in [1.29, 1.82) is 0 Å². The number of halogens is 1. The van der Waals surface area contributed by atoms with E-state index < -0.39 is 19.3 Å². The summed E-state index contributed by atoms with van der Waals surface area (Å²) < 4.78 is 29.7. The molecule has 0 bridgehead atoms. The van der Waals surface area contributed by atoms with Gasteiger partial charge in [0.2, 0.25) is 17.8 Å². The molecular weight excluding hydrogens is 819 g/mol. The van der Waals surface area contributed by atoms with Crippen molar-refractivity contribution in [2.24, 2.45) is 0 Å². The van der Waals surface area contributed by atoms with E-state index in [9.17, 15) is 18.9 Å². The van der Waals surface area contributed by atoms with Crippen LogP contribution in [0.25, 0.3) is 0 Å². The third-order valence-electron chi connectivity index (χ3n) is 11.9. The van der Waals surface area contributed by atoms with Gasteiger partial charge in [-0.25, -0.2) is 4.98 Å². The molecule has 4 aromatic rings. The van der Waals surface area contributed by atoms with E-state index in [1.54, 1.807) is 36.3 Å². The molecule has 324 valence electrons. The average Bonchev–Trinajstić information content (AvgIpc) is 3.62. The molecule has 3 unspecified atom stereocenters. The summed E-state index contributed by atoms with van der Waals surface area (Å²) in [7, 11) is 0.639. The molecule has 0 spiro atoms. The van der Waals surface area contributed by atoms with E-state index in [4.69, 9.17) is 30.4 Å². The highest BCUT2D eigenvalue weighted by Crippen LogP contribution is 2.48. The molecule has 15 nitrogen and oxygen atoms in total. The maximum absolute atomic E-state index is 14.5. The van der Waals surface area contributed by atoms with Crippen molar-refractivity contribution in [3.8, 4) is 5.75 Å². The number of anilines is 3. The molecule has 2 saturated heterocycles. The summed E-state index contributed by atoms with van der Waals surface area (Å²) in [4.78, 5) is 50.6. The summed E-state index contributed by atoms with van der Waals surface area (Å²) in [6, 6.07) is 20.1. The van der Waals surface area contributed by atoms with Crippen LogP contribution < -0.4 is 36.6 Å². The Balaban J connectivity index is 1.30. The van der Waals surface area contributed by atoms with Crippen molar-refractivity contribution in [3.05, 3.63) is 100 Å². The van der Waals surface area contributed by atoms with Crippen LogP contribution in [0.1, 0.15) is 97.3 Å². The predicted octanol–water partition coefficient (Wildman–Crippen LogP) is 6.94. The van der Waals surface area contributed by atoms with Crippen molar-refractivity contribution in [2.45, 2.75) is 88.5 Å². The van der Waals surface area contributed by atoms with Gasteiger partial charge in [-0.1, -0.05) is 86.7 Å². The largest absolute Gasteiger partial charge is 0.497 e. The van der Waals surface area contributed by atoms with Crippen LogP contribution in [0.3, 0.4) is 0 Å². The zero-order valence-electron chi connectivity index (χ0n) is 35.0. The first-order chi connectivity index (χ1) is 29.5. The van der Waals surface area contributed by atoms with Gasteiger partial charge in [-0.3, -0.25) is 29.6 Å². The van der Waals surface area contributed by atoms with Gasteiger partial charge in [0, 0.05) is 63.7 Å². The Morgan fingerprint density at radius 3 is 2.44 bits per heavy atom. The first-order valence-electron chi connectivity index (χ1n) is 20.8. The number of piperidine rings is 2. The van der Waals surface area contributed by atoms with Crippen LogP contribution in [0.15, 0.2) is 72.9 Å². The lowest BCUT2D eigenvalue weighted by molar-refractivity contribution is -0.135. The van der Waals surface area contributed by atoms with Gasteiger partial charge >= 0.3 is 7.60 Å². The molecule has 4 heterocycles. The number of benzene rings is 3. The number of para-hydroxylation sites is 1. The van der Waals surface area contributed by atoms with Crippen LogP contribution in [-0.4, -0.2) is 78.7 Å². The zero-order valence-corrected chi connectivity index (χ0v) is 36.6. The summed E-state index contributed by atoms with van der Waals surface area (Å²) in [5, 5.41) is 17.6. The fraction of sp³-hybridized carbons (Fsp3) is 0.432. The lowest BCUT2D eigenvalue weighted by Crippen LogP contribution is -2.63. The quantitative estimate of drug-likeness (QED) is 0.0300. The second-order valence-corrected chi connectivity index (χ2v) is 18.3. The van der Waals surface area contributed by atoms with E-state index in [1.165, 1.54) is 20.4 Å². The normalized spacial score (nSPS) is 20.0. The summed E-state index contributed by atoms with van der Waals surface area (Å²) in [6.45, 7) is 3.75. The molecule has 17 heteroatoms. The minimum atomic E-state index is -3.66. The molecule has 1 aromatic heterocycles. The number of methoxy groups -OCH3 is 1. The van der Waals surface area contributed by atoms with Crippen molar-refractivity contribution in [3.63, 3.8) is 0 Å². The Morgan fingerprint density at radius 1 is 0.967 bits per heavy atom. The van der Waals surface area contributed by atoms with Crippen LogP contribution in [0.4, 0.5) is 17.5 Å². The Kier molecular flexibility index (Phi) is 14.1. The number of nitrogens with one attached hydrogen (secondary N) is 5. The molecule has 0 saturated carbocycles. The molecule has 3 amide bonds. The molecule has 5 N–H and O–H groups in total. The number of fused-ring (bicyclic) bond motifs is 1. The van der Waals surface area contributed by atoms with Gasteiger partial charge in [0.05, 0.1) is 24.3 Å². The lowest BCUT2D eigenvalue weighted by atomic mass is 9.79. The average molecular weight is 873 g/mol. The molecule has 2 fully saturated rings. The van der Waals surface area contributed by atoms with E-state index in [0.717, 1.165) is 54.5 Å². The molecular formula is C44H54ClN8O7P. The summed E-state index contributed by atoms with van der Waals surface area (Å²) in [5.74, 6) is 0.170. The van der Waals surface area contributed by atoms with Crippen molar-refractivity contribution in [2.75, 3.05) is 45.1 Å². The molecule has 7 rings (SSSR count). The number of carbonyl (C=O) groups is 3. The van der Waals surface area contributed by atoms with Crippen molar-refractivity contribution in [1.82, 2.24) is 30.8 Å². The monoisotopic (exact) mass is 872 g/mol. The van der Waals surface area contributed by atoms with Crippen LogP contribution >= 0.6 is 19.2 Å². The minimum Gasteiger partial charge on any atom is -0.497 e. The number of hydrogen-bond acceptors (Lipinski definition) is 13. The number of imide groups is 1. The summed E-state index contributed by atoms with van der Waals surface area (Å²) in [6.07, 6.45) is 7.05.